The number of piperazine rings is 1. The van der Waals surface area contributed by atoms with Crippen molar-refractivity contribution in [1.29, 1.82) is 0 Å². The van der Waals surface area contributed by atoms with E-state index in [0.29, 0.717) is 5.54 Å². The highest BCUT2D eigenvalue weighted by Crippen LogP contribution is 2.43. The van der Waals surface area contributed by atoms with Crippen LogP contribution in [0.15, 0.2) is 12.3 Å². The Kier molecular flexibility index (Phi) is 1.69. The second-order valence-electron chi connectivity index (χ2n) is 4.30. The van der Waals surface area contributed by atoms with Gasteiger partial charge in [0, 0.05) is 30.9 Å². The Labute approximate surface area is 74.8 Å². The Balaban J connectivity index is 2.03. The maximum absolute atomic E-state index is 4.00. The summed E-state index contributed by atoms with van der Waals surface area (Å²) in [6.45, 7) is 9.69. The Morgan fingerprint density at radius 1 is 1.33 bits per heavy atom. The highest BCUT2D eigenvalue weighted by atomic mass is 15.3. The minimum atomic E-state index is 0.539. The Hall–Kier alpha value is -0.500. The zero-order valence-electron chi connectivity index (χ0n) is 8.14. The summed E-state index contributed by atoms with van der Waals surface area (Å²) in [5.41, 5.74) is 1.77. The SMILES string of the molecule is C=C(C)N1CCN(C)C2(CC2)C1. The van der Waals surface area contributed by atoms with Gasteiger partial charge in [0.05, 0.1) is 0 Å². The van der Waals surface area contributed by atoms with Gasteiger partial charge >= 0.3 is 0 Å². The molecule has 1 heterocycles. The topological polar surface area (TPSA) is 6.48 Å². The van der Waals surface area contributed by atoms with Gasteiger partial charge < -0.3 is 4.90 Å². The van der Waals surface area contributed by atoms with Gasteiger partial charge in [-0.25, -0.2) is 0 Å². The fourth-order valence-electron chi connectivity index (χ4n) is 2.07. The van der Waals surface area contributed by atoms with Crippen LogP contribution >= 0.6 is 0 Å². The maximum Gasteiger partial charge on any atom is 0.0383 e. The summed E-state index contributed by atoms with van der Waals surface area (Å²) >= 11 is 0. The number of rotatable bonds is 1. The lowest BCUT2D eigenvalue weighted by atomic mass is 10.1. The first-order valence-corrected chi connectivity index (χ1v) is 4.76. The molecule has 0 atom stereocenters. The van der Waals surface area contributed by atoms with Crippen LogP contribution in [0.2, 0.25) is 0 Å². The van der Waals surface area contributed by atoms with Crippen molar-refractivity contribution in [1.82, 2.24) is 9.80 Å². The summed E-state index contributed by atoms with van der Waals surface area (Å²) < 4.78 is 0. The smallest absolute Gasteiger partial charge is 0.0383 e. The molecule has 1 aliphatic carbocycles. The van der Waals surface area contributed by atoms with Gasteiger partial charge in [-0.2, -0.15) is 0 Å². The second kappa shape index (κ2) is 2.49. The molecule has 2 fully saturated rings. The van der Waals surface area contributed by atoms with Crippen LogP contribution in [0.25, 0.3) is 0 Å². The summed E-state index contributed by atoms with van der Waals surface area (Å²) in [6.07, 6.45) is 2.76. The van der Waals surface area contributed by atoms with Crippen molar-refractivity contribution in [3.8, 4) is 0 Å². The van der Waals surface area contributed by atoms with Gasteiger partial charge in [0.15, 0.2) is 0 Å². The molecule has 0 aromatic heterocycles. The van der Waals surface area contributed by atoms with Crippen LogP contribution in [-0.2, 0) is 0 Å². The van der Waals surface area contributed by atoms with Crippen molar-refractivity contribution in [2.24, 2.45) is 0 Å². The van der Waals surface area contributed by atoms with Crippen molar-refractivity contribution in [3.63, 3.8) is 0 Å². The molecule has 0 aromatic rings. The van der Waals surface area contributed by atoms with E-state index < -0.39 is 0 Å². The quantitative estimate of drug-likeness (QED) is 0.579. The van der Waals surface area contributed by atoms with Gasteiger partial charge in [0.2, 0.25) is 0 Å². The first-order chi connectivity index (χ1) is 5.64. The molecule has 0 N–H and O–H groups in total. The van der Waals surface area contributed by atoms with Gasteiger partial charge in [-0.3, -0.25) is 4.90 Å². The third-order valence-corrected chi connectivity index (χ3v) is 3.37. The lowest BCUT2D eigenvalue weighted by Crippen LogP contribution is -2.52. The monoisotopic (exact) mass is 166 g/mol. The third-order valence-electron chi connectivity index (χ3n) is 3.37. The summed E-state index contributed by atoms with van der Waals surface area (Å²) in [6, 6.07) is 0. The molecule has 0 aromatic carbocycles. The van der Waals surface area contributed by atoms with Crippen molar-refractivity contribution >= 4 is 0 Å². The molecule has 1 aliphatic heterocycles. The van der Waals surface area contributed by atoms with Crippen LogP contribution in [0.5, 0.6) is 0 Å². The summed E-state index contributed by atoms with van der Waals surface area (Å²) in [5, 5.41) is 0. The number of allylic oxidation sites excluding steroid dienone is 1. The summed E-state index contributed by atoms with van der Waals surface area (Å²) in [5.74, 6) is 0. The van der Waals surface area contributed by atoms with E-state index in [1.54, 1.807) is 0 Å². The molecule has 0 bridgehead atoms. The Morgan fingerprint density at radius 2 is 2.00 bits per heavy atom. The van der Waals surface area contributed by atoms with Crippen LogP contribution in [0.3, 0.4) is 0 Å². The van der Waals surface area contributed by atoms with E-state index in [9.17, 15) is 0 Å². The molecular formula is C10H18N2. The maximum atomic E-state index is 4.00. The molecule has 2 nitrogen and oxygen atoms in total. The first-order valence-electron chi connectivity index (χ1n) is 4.76. The minimum absolute atomic E-state index is 0.539. The normalized spacial score (nSPS) is 27.7. The average Bonchev–Trinajstić information content (AvgIpc) is 2.76. The predicted molar refractivity (Wildman–Crippen MR) is 51.0 cm³/mol. The third kappa shape index (κ3) is 1.14. The van der Waals surface area contributed by atoms with Crippen molar-refractivity contribution < 1.29 is 0 Å². The molecule has 1 saturated carbocycles. The fraction of sp³-hybridized carbons (Fsp3) is 0.800. The van der Waals surface area contributed by atoms with Crippen molar-refractivity contribution in [2.45, 2.75) is 25.3 Å². The van der Waals surface area contributed by atoms with Gasteiger partial charge in [0.1, 0.15) is 0 Å². The van der Waals surface area contributed by atoms with Crippen molar-refractivity contribution in [3.05, 3.63) is 12.3 Å². The number of hydrogen-bond donors (Lipinski definition) is 0. The van der Waals surface area contributed by atoms with Crippen LogP contribution < -0.4 is 0 Å². The van der Waals surface area contributed by atoms with E-state index >= 15 is 0 Å². The molecule has 0 radical (unpaired) electrons. The van der Waals surface area contributed by atoms with Crippen LogP contribution in [-0.4, -0.2) is 42.0 Å². The molecular weight excluding hydrogens is 148 g/mol. The largest absolute Gasteiger partial charge is 0.372 e. The molecule has 1 saturated heterocycles. The number of nitrogens with zero attached hydrogens (tertiary/aromatic N) is 2. The van der Waals surface area contributed by atoms with E-state index in [2.05, 4.69) is 30.4 Å². The van der Waals surface area contributed by atoms with Gasteiger partial charge in [0.25, 0.3) is 0 Å². The first kappa shape index (κ1) is 8.11. The molecule has 1 spiro atoms. The Bertz CT molecular complexity index is 206. The van der Waals surface area contributed by atoms with E-state index in [1.807, 2.05) is 0 Å². The summed E-state index contributed by atoms with van der Waals surface area (Å²) in [7, 11) is 2.25. The molecule has 2 heteroatoms. The van der Waals surface area contributed by atoms with E-state index in [-0.39, 0.29) is 0 Å². The standard InChI is InChI=1S/C10H18N2/c1-9(2)12-7-6-11(3)10(8-12)4-5-10/h1,4-8H2,2-3H3. The molecule has 2 aliphatic rings. The lowest BCUT2D eigenvalue weighted by Gasteiger charge is -2.41. The van der Waals surface area contributed by atoms with E-state index in [4.69, 9.17) is 0 Å². The predicted octanol–water partition coefficient (Wildman–Crippen LogP) is 1.30. The zero-order valence-corrected chi connectivity index (χ0v) is 8.14. The molecule has 0 amide bonds. The van der Waals surface area contributed by atoms with Crippen LogP contribution in [0, 0.1) is 0 Å². The lowest BCUT2D eigenvalue weighted by molar-refractivity contribution is 0.103. The Morgan fingerprint density at radius 3 is 2.50 bits per heavy atom. The van der Waals surface area contributed by atoms with Gasteiger partial charge in [-0.1, -0.05) is 6.58 Å². The molecule has 68 valence electrons. The van der Waals surface area contributed by atoms with Gasteiger partial charge in [-0.05, 0) is 26.8 Å². The van der Waals surface area contributed by atoms with E-state index in [0.717, 1.165) is 6.54 Å². The fourth-order valence-corrected chi connectivity index (χ4v) is 2.07. The van der Waals surface area contributed by atoms with E-state index in [1.165, 1.54) is 31.6 Å². The highest BCUT2D eigenvalue weighted by molar-refractivity contribution is 5.10. The van der Waals surface area contributed by atoms with Gasteiger partial charge in [-0.15, -0.1) is 0 Å². The average molecular weight is 166 g/mol. The summed E-state index contributed by atoms with van der Waals surface area (Å²) in [4.78, 5) is 4.94. The number of hydrogen-bond acceptors (Lipinski definition) is 2. The van der Waals surface area contributed by atoms with Crippen molar-refractivity contribution in [2.75, 3.05) is 26.7 Å². The highest BCUT2D eigenvalue weighted by Gasteiger charge is 2.49. The number of likely N-dealkylation sites (N-methyl/N-ethyl adjacent to an activating group) is 1. The second-order valence-corrected chi connectivity index (χ2v) is 4.30. The van der Waals surface area contributed by atoms with Crippen LogP contribution in [0.4, 0.5) is 0 Å². The molecule has 2 rings (SSSR count). The molecule has 12 heavy (non-hydrogen) atoms. The molecule has 0 unspecified atom stereocenters. The minimum Gasteiger partial charge on any atom is -0.372 e. The zero-order chi connectivity index (χ0) is 8.77. The van der Waals surface area contributed by atoms with Crippen LogP contribution in [0.1, 0.15) is 19.8 Å².